The third-order valence-corrected chi connectivity index (χ3v) is 6.01. The minimum Gasteiger partial charge on any atom is -0.323 e. The molecule has 9 heteroatoms. The van der Waals surface area contributed by atoms with Crippen molar-refractivity contribution < 1.29 is 14.1 Å². The first kappa shape index (κ1) is 20.3. The van der Waals surface area contributed by atoms with Gasteiger partial charge in [-0.15, -0.1) is 0 Å². The average molecular weight is 406 g/mol. The highest BCUT2D eigenvalue weighted by Crippen LogP contribution is 2.34. The summed E-state index contributed by atoms with van der Waals surface area (Å²) in [5.41, 5.74) is 1.59. The Morgan fingerprint density at radius 1 is 1.36 bits per heavy atom. The summed E-state index contributed by atoms with van der Waals surface area (Å²) in [4.78, 5) is 27.1. The van der Waals surface area contributed by atoms with Crippen molar-refractivity contribution in [3.8, 4) is 0 Å². The molecule has 1 aromatic heterocycles. The number of hydrogen-bond acceptors (Lipinski definition) is 5. The van der Waals surface area contributed by atoms with E-state index in [2.05, 4.69) is 14.9 Å². The lowest BCUT2D eigenvalue weighted by Gasteiger charge is -2.26. The van der Waals surface area contributed by atoms with Crippen LogP contribution in [-0.4, -0.2) is 26.1 Å². The number of nitro benzene ring substituents is 1. The lowest BCUT2D eigenvalue weighted by Crippen LogP contribution is -2.18. The van der Waals surface area contributed by atoms with Gasteiger partial charge in [-0.1, -0.05) is 31.0 Å². The van der Waals surface area contributed by atoms with E-state index in [0.29, 0.717) is 6.04 Å². The summed E-state index contributed by atoms with van der Waals surface area (Å²) < 4.78 is 16.1. The number of non-ortho nitro benzene ring substituents is 1. The predicted molar refractivity (Wildman–Crippen MR) is 106 cm³/mol. The molecule has 1 saturated carbocycles. The van der Waals surface area contributed by atoms with Gasteiger partial charge in [0.1, 0.15) is 5.82 Å². The van der Waals surface area contributed by atoms with Crippen molar-refractivity contribution in [2.75, 3.05) is 11.1 Å². The molecule has 1 fully saturated rings. The van der Waals surface area contributed by atoms with Crippen LogP contribution in [0.15, 0.2) is 23.4 Å². The highest BCUT2D eigenvalue weighted by Gasteiger charge is 2.22. The summed E-state index contributed by atoms with van der Waals surface area (Å²) in [5.74, 6) is -1.10. The molecule has 0 aliphatic heterocycles. The summed E-state index contributed by atoms with van der Waals surface area (Å²) >= 11 is 1.30. The molecule has 0 atom stereocenters. The minimum atomic E-state index is -0.709. The number of nitro groups is 1. The van der Waals surface area contributed by atoms with Crippen LogP contribution in [0, 0.1) is 29.8 Å². The molecular formula is C19H23FN4O3S. The quantitative estimate of drug-likeness (QED) is 0.423. The van der Waals surface area contributed by atoms with E-state index in [1.54, 1.807) is 0 Å². The smallest absolute Gasteiger partial charge is 0.271 e. The first-order valence-electron chi connectivity index (χ1n) is 9.29. The van der Waals surface area contributed by atoms with Crippen LogP contribution in [0.25, 0.3) is 0 Å². The lowest BCUT2D eigenvalue weighted by atomic mass is 9.95. The number of nitrogens with one attached hydrogen (secondary N) is 1. The van der Waals surface area contributed by atoms with Crippen molar-refractivity contribution >= 4 is 29.0 Å². The predicted octanol–water partition coefficient (Wildman–Crippen LogP) is 4.78. The van der Waals surface area contributed by atoms with Crippen molar-refractivity contribution in [3.05, 3.63) is 45.5 Å². The maximum atomic E-state index is 13.9. The number of thioether (sulfide) groups is 1. The maximum Gasteiger partial charge on any atom is 0.271 e. The second-order valence-corrected chi connectivity index (χ2v) is 7.93. The van der Waals surface area contributed by atoms with Gasteiger partial charge in [0.2, 0.25) is 5.91 Å². The molecule has 3 rings (SSSR count). The Kier molecular flexibility index (Phi) is 6.33. The first-order chi connectivity index (χ1) is 13.4. The van der Waals surface area contributed by atoms with E-state index in [4.69, 9.17) is 0 Å². The molecule has 1 aromatic carbocycles. The van der Waals surface area contributed by atoms with Gasteiger partial charge in [0.25, 0.3) is 5.69 Å². The Bertz CT molecular complexity index is 894. The van der Waals surface area contributed by atoms with Gasteiger partial charge in [0, 0.05) is 23.9 Å². The Balaban J connectivity index is 1.69. The second kappa shape index (κ2) is 8.72. The zero-order valence-corrected chi connectivity index (χ0v) is 16.7. The van der Waals surface area contributed by atoms with Gasteiger partial charge in [-0.05, 0) is 32.8 Å². The molecule has 1 aliphatic carbocycles. The molecule has 0 unspecified atom stereocenters. The number of rotatable bonds is 6. The Morgan fingerprint density at radius 2 is 2.07 bits per heavy atom. The number of carbonyl (C=O) groups is 1. The molecule has 7 nitrogen and oxygen atoms in total. The maximum absolute atomic E-state index is 13.9. The largest absolute Gasteiger partial charge is 0.323 e. The van der Waals surface area contributed by atoms with Crippen LogP contribution in [0.5, 0.6) is 0 Å². The normalized spacial score (nSPS) is 14.8. The summed E-state index contributed by atoms with van der Waals surface area (Å²) in [7, 11) is 0. The van der Waals surface area contributed by atoms with Crippen LogP contribution in [0.1, 0.15) is 49.5 Å². The van der Waals surface area contributed by atoms with Crippen LogP contribution in [0.3, 0.4) is 0 Å². The van der Waals surface area contributed by atoms with Crippen molar-refractivity contribution in [2.24, 2.45) is 0 Å². The molecular weight excluding hydrogens is 383 g/mol. The fourth-order valence-corrected chi connectivity index (χ4v) is 4.47. The van der Waals surface area contributed by atoms with Gasteiger partial charge >= 0.3 is 0 Å². The van der Waals surface area contributed by atoms with E-state index >= 15 is 0 Å². The number of aryl methyl sites for hydroxylation is 1. The van der Waals surface area contributed by atoms with E-state index < -0.39 is 16.6 Å². The molecule has 0 saturated heterocycles. The first-order valence-corrected chi connectivity index (χ1v) is 10.3. The summed E-state index contributed by atoms with van der Waals surface area (Å²) in [5, 5.41) is 14.0. The topological polar surface area (TPSA) is 90.1 Å². The fraction of sp³-hybridized carbons (Fsp3) is 0.474. The van der Waals surface area contributed by atoms with Crippen molar-refractivity contribution in [3.63, 3.8) is 0 Å². The minimum absolute atomic E-state index is 0.0464. The number of anilines is 1. The van der Waals surface area contributed by atoms with Gasteiger partial charge in [0.15, 0.2) is 5.16 Å². The standard InChI is InChI=1S/C19H23FN4O3S/c1-12-13(2)23(14-6-4-3-5-7-14)19(21-12)28-11-18(25)22-17-10-15(24(26)27)8-9-16(17)20/h8-10,14H,3-7,11H2,1-2H3,(H,22,25). The fourth-order valence-electron chi connectivity index (χ4n) is 3.51. The van der Waals surface area contributed by atoms with E-state index in [1.165, 1.54) is 31.0 Å². The zero-order valence-electron chi connectivity index (χ0n) is 15.9. The third-order valence-electron chi connectivity index (χ3n) is 5.06. The number of amides is 1. The lowest BCUT2D eigenvalue weighted by molar-refractivity contribution is -0.384. The van der Waals surface area contributed by atoms with E-state index in [1.807, 2.05) is 13.8 Å². The van der Waals surface area contributed by atoms with Gasteiger partial charge < -0.3 is 9.88 Å². The average Bonchev–Trinajstić information content (AvgIpc) is 2.96. The van der Waals surface area contributed by atoms with Crippen LogP contribution in [0.4, 0.5) is 15.8 Å². The number of nitrogens with zero attached hydrogens (tertiary/aromatic N) is 3. The second-order valence-electron chi connectivity index (χ2n) is 6.99. The van der Waals surface area contributed by atoms with Gasteiger partial charge in [0.05, 0.1) is 22.1 Å². The van der Waals surface area contributed by atoms with Gasteiger partial charge in [-0.25, -0.2) is 9.37 Å². The molecule has 2 aromatic rings. The summed E-state index contributed by atoms with van der Waals surface area (Å²) in [6, 6.07) is 3.46. The number of aromatic nitrogens is 2. The SMILES string of the molecule is Cc1nc(SCC(=O)Nc2cc([N+](=O)[O-])ccc2F)n(C2CCCCC2)c1C. The Hall–Kier alpha value is -2.42. The van der Waals surface area contributed by atoms with Crippen molar-refractivity contribution in [1.29, 1.82) is 0 Å². The van der Waals surface area contributed by atoms with Crippen LogP contribution < -0.4 is 5.32 Å². The van der Waals surface area contributed by atoms with Crippen molar-refractivity contribution in [2.45, 2.75) is 57.1 Å². The molecule has 0 spiro atoms. The number of hydrogen-bond donors (Lipinski definition) is 1. The number of benzene rings is 1. The Morgan fingerprint density at radius 3 is 2.75 bits per heavy atom. The molecule has 1 amide bonds. The van der Waals surface area contributed by atoms with E-state index in [9.17, 15) is 19.3 Å². The number of halogens is 1. The Labute approximate surface area is 166 Å². The number of carbonyl (C=O) groups excluding carboxylic acids is 1. The molecule has 1 heterocycles. The zero-order chi connectivity index (χ0) is 20.3. The molecule has 0 bridgehead atoms. The molecule has 0 radical (unpaired) electrons. The highest BCUT2D eigenvalue weighted by molar-refractivity contribution is 7.99. The number of imidazole rings is 1. The van der Waals surface area contributed by atoms with E-state index in [-0.39, 0.29) is 17.1 Å². The molecule has 1 aliphatic rings. The van der Waals surface area contributed by atoms with Crippen LogP contribution in [-0.2, 0) is 4.79 Å². The molecule has 1 N–H and O–H groups in total. The molecule has 150 valence electrons. The third kappa shape index (κ3) is 4.52. The van der Waals surface area contributed by atoms with Gasteiger partial charge in [-0.3, -0.25) is 14.9 Å². The van der Waals surface area contributed by atoms with Crippen LogP contribution in [0.2, 0.25) is 0 Å². The van der Waals surface area contributed by atoms with E-state index in [0.717, 1.165) is 47.6 Å². The summed E-state index contributed by atoms with van der Waals surface area (Å²) in [6.07, 6.45) is 5.85. The van der Waals surface area contributed by atoms with Crippen LogP contribution >= 0.6 is 11.8 Å². The van der Waals surface area contributed by atoms with Gasteiger partial charge in [-0.2, -0.15) is 0 Å². The summed E-state index contributed by atoms with van der Waals surface area (Å²) in [6.45, 7) is 4.00. The highest BCUT2D eigenvalue weighted by atomic mass is 32.2. The molecule has 28 heavy (non-hydrogen) atoms. The monoisotopic (exact) mass is 406 g/mol. The van der Waals surface area contributed by atoms with Crippen molar-refractivity contribution in [1.82, 2.24) is 9.55 Å².